The molecular formula is C7H7ClN4O2S3. The minimum atomic E-state index is -3.68. The van der Waals surface area contributed by atoms with Gasteiger partial charge in [-0.15, -0.1) is 0 Å². The van der Waals surface area contributed by atoms with Crippen LogP contribution in [0.15, 0.2) is 4.21 Å². The normalized spacial score (nSPS) is 11.7. The van der Waals surface area contributed by atoms with Crippen LogP contribution in [0.3, 0.4) is 0 Å². The van der Waals surface area contributed by atoms with Crippen LogP contribution in [0.4, 0.5) is 5.13 Å². The van der Waals surface area contributed by atoms with Gasteiger partial charge in [0.25, 0.3) is 10.0 Å². The summed E-state index contributed by atoms with van der Waals surface area (Å²) in [6.45, 7) is 3.27. The maximum absolute atomic E-state index is 12.0. The highest BCUT2D eigenvalue weighted by Crippen LogP contribution is 2.28. The SMILES string of the molecule is Cc1nsc(NS(=O)(=O)c2sc(Cl)nc2C)n1. The molecule has 0 atom stereocenters. The Balaban J connectivity index is 2.34. The Morgan fingerprint density at radius 2 is 2.00 bits per heavy atom. The molecule has 0 unspecified atom stereocenters. The third-order valence-corrected chi connectivity index (χ3v) is 5.78. The number of rotatable bonds is 3. The summed E-state index contributed by atoms with van der Waals surface area (Å²) in [6.07, 6.45) is 0. The van der Waals surface area contributed by atoms with Gasteiger partial charge in [0, 0.05) is 11.5 Å². The molecule has 17 heavy (non-hydrogen) atoms. The number of aryl methyl sites for hydroxylation is 2. The van der Waals surface area contributed by atoms with Crippen LogP contribution in [0.5, 0.6) is 0 Å². The van der Waals surface area contributed by atoms with E-state index in [9.17, 15) is 8.42 Å². The topological polar surface area (TPSA) is 84.8 Å². The van der Waals surface area contributed by atoms with Crippen LogP contribution in [0.1, 0.15) is 11.5 Å². The largest absolute Gasteiger partial charge is 0.275 e. The minimum absolute atomic E-state index is 0.0929. The number of nitrogens with one attached hydrogen (secondary N) is 1. The van der Waals surface area contributed by atoms with Gasteiger partial charge < -0.3 is 0 Å². The molecule has 0 aliphatic carbocycles. The zero-order chi connectivity index (χ0) is 12.6. The molecule has 0 saturated heterocycles. The van der Waals surface area contributed by atoms with Crippen LogP contribution in [0, 0.1) is 13.8 Å². The van der Waals surface area contributed by atoms with Gasteiger partial charge in [-0.3, -0.25) is 4.72 Å². The number of thiazole rings is 1. The Kier molecular flexibility index (Phi) is 3.34. The van der Waals surface area contributed by atoms with Gasteiger partial charge in [-0.05, 0) is 13.8 Å². The highest BCUT2D eigenvalue weighted by atomic mass is 35.5. The van der Waals surface area contributed by atoms with Crippen molar-refractivity contribution in [2.45, 2.75) is 18.1 Å². The third-order valence-electron chi connectivity index (χ3n) is 1.72. The summed E-state index contributed by atoms with van der Waals surface area (Å²) in [5.74, 6) is 0.520. The lowest BCUT2D eigenvalue weighted by Crippen LogP contribution is -2.12. The number of hydrogen-bond donors (Lipinski definition) is 1. The predicted molar refractivity (Wildman–Crippen MR) is 67.3 cm³/mol. The van der Waals surface area contributed by atoms with Gasteiger partial charge in [0.2, 0.25) is 5.13 Å². The summed E-state index contributed by atoms with van der Waals surface area (Å²) in [7, 11) is -3.68. The molecule has 1 N–H and O–H groups in total. The smallest absolute Gasteiger partial charge is 0.253 e. The van der Waals surface area contributed by atoms with Crippen molar-refractivity contribution >= 4 is 49.6 Å². The molecule has 0 radical (unpaired) electrons. The second-order valence-corrected chi connectivity index (χ2v) is 7.30. The molecule has 6 nitrogen and oxygen atoms in total. The molecule has 0 bridgehead atoms. The van der Waals surface area contributed by atoms with Crippen molar-refractivity contribution in [1.29, 1.82) is 0 Å². The van der Waals surface area contributed by atoms with Crippen molar-refractivity contribution in [3.05, 3.63) is 16.0 Å². The Morgan fingerprint density at radius 3 is 2.47 bits per heavy atom. The van der Waals surface area contributed by atoms with Gasteiger partial charge in [-0.2, -0.15) is 4.37 Å². The molecule has 10 heteroatoms. The van der Waals surface area contributed by atoms with Crippen LogP contribution < -0.4 is 4.72 Å². The van der Waals surface area contributed by atoms with Gasteiger partial charge >= 0.3 is 0 Å². The Labute approximate surface area is 111 Å². The molecule has 0 aliphatic heterocycles. The first-order chi connectivity index (χ1) is 7.88. The van der Waals surface area contributed by atoms with Crippen LogP contribution in [0.25, 0.3) is 0 Å². The van der Waals surface area contributed by atoms with E-state index < -0.39 is 10.0 Å². The molecule has 2 rings (SSSR count). The van der Waals surface area contributed by atoms with Crippen LogP contribution >= 0.6 is 34.5 Å². The molecule has 2 aromatic heterocycles. The number of sulfonamides is 1. The summed E-state index contributed by atoms with van der Waals surface area (Å²) in [5, 5.41) is 0.228. The van der Waals surface area contributed by atoms with E-state index in [-0.39, 0.29) is 13.8 Å². The zero-order valence-corrected chi connectivity index (χ0v) is 12.0. The number of halogens is 1. The lowest BCUT2D eigenvalue weighted by molar-refractivity contribution is 0.602. The Hall–Kier alpha value is -0.770. The van der Waals surface area contributed by atoms with Gasteiger partial charge in [0.1, 0.15) is 5.82 Å². The van der Waals surface area contributed by atoms with E-state index in [0.29, 0.717) is 11.5 Å². The Bertz CT molecular complexity index is 648. The van der Waals surface area contributed by atoms with Crippen LogP contribution in [0.2, 0.25) is 4.47 Å². The fourth-order valence-electron chi connectivity index (χ4n) is 1.10. The lowest BCUT2D eigenvalue weighted by Gasteiger charge is -2.01. The first-order valence-corrected chi connectivity index (χ1v) is 7.79. The van der Waals surface area contributed by atoms with Crippen LogP contribution in [-0.4, -0.2) is 22.8 Å². The molecule has 0 fully saturated rings. The second kappa shape index (κ2) is 4.48. The maximum atomic E-state index is 12.0. The summed E-state index contributed by atoms with van der Waals surface area (Å²) in [5.41, 5.74) is 0.369. The van der Waals surface area contributed by atoms with Gasteiger partial charge in [-0.25, -0.2) is 18.4 Å². The van der Waals surface area contributed by atoms with E-state index in [1.54, 1.807) is 13.8 Å². The van der Waals surface area contributed by atoms with E-state index in [1.807, 2.05) is 0 Å². The first-order valence-electron chi connectivity index (χ1n) is 4.34. The summed E-state index contributed by atoms with van der Waals surface area (Å²) >= 11 is 7.56. The number of hydrogen-bond acceptors (Lipinski definition) is 7. The zero-order valence-electron chi connectivity index (χ0n) is 8.76. The summed E-state index contributed by atoms with van der Waals surface area (Å²) in [6, 6.07) is 0. The van der Waals surface area contributed by atoms with Crippen molar-refractivity contribution in [3.8, 4) is 0 Å². The minimum Gasteiger partial charge on any atom is -0.253 e. The van der Waals surface area contributed by atoms with E-state index in [4.69, 9.17) is 11.6 Å². The lowest BCUT2D eigenvalue weighted by atomic mass is 10.6. The molecule has 0 aromatic carbocycles. The third kappa shape index (κ3) is 2.73. The molecule has 0 saturated carbocycles. The van der Waals surface area contributed by atoms with Crippen molar-refractivity contribution in [1.82, 2.24) is 14.3 Å². The average Bonchev–Trinajstić information content (AvgIpc) is 2.72. The quantitative estimate of drug-likeness (QED) is 0.938. The van der Waals surface area contributed by atoms with Crippen molar-refractivity contribution < 1.29 is 8.42 Å². The maximum Gasteiger partial charge on any atom is 0.275 e. The van der Waals surface area contributed by atoms with E-state index in [2.05, 4.69) is 19.1 Å². The molecular weight excluding hydrogens is 304 g/mol. The van der Waals surface area contributed by atoms with Crippen molar-refractivity contribution in [3.63, 3.8) is 0 Å². The van der Waals surface area contributed by atoms with Crippen LogP contribution in [-0.2, 0) is 10.0 Å². The van der Waals surface area contributed by atoms with Gasteiger partial charge in [0.15, 0.2) is 8.68 Å². The number of nitrogens with zero attached hydrogens (tertiary/aromatic N) is 3. The fourth-order valence-corrected chi connectivity index (χ4v) is 4.64. The number of anilines is 1. The highest BCUT2D eigenvalue weighted by Gasteiger charge is 2.22. The first kappa shape index (κ1) is 12.7. The molecule has 0 amide bonds. The van der Waals surface area contributed by atoms with E-state index in [1.165, 1.54) is 0 Å². The van der Waals surface area contributed by atoms with E-state index >= 15 is 0 Å². The standard InChI is InChI=1S/C7H7ClN4O2S3/c1-3-5(15-6(8)9-3)17(13,14)12-7-10-4(2)11-16-7/h1-2H3,(H,10,11,12). The summed E-state index contributed by atoms with van der Waals surface area (Å²) in [4.78, 5) is 7.78. The molecule has 92 valence electrons. The summed E-state index contributed by atoms with van der Waals surface area (Å²) < 4.78 is 30.5. The second-order valence-electron chi connectivity index (χ2n) is 3.09. The number of aromatic nitrogens is 3. The fraction of sp³-hybridized carbons (Fsp3) is 0.286. The Morgan fingerprint density at radius 1 is 1.29 bits per heavy atom. The van der Waals surface area contributed by atoms with Gasteiger partial charge in [-0.1, -0.05) is 22.9 Å². The van der Waals surface area contributed by atoms with Crippen molar-refractivity contribution in [2.75, 3.05) is 4.72 Å². The van der Waals surface area contributed by atoms with Crippen molar-refractivity contribution in [2.24, 2.45) is 0 Å². The molecule has 2 heterocycles. The molecule has 2 aromatic rings. The van der Waals surface area contributed by atoms with Gasteiger partial charge in [0.05, 0.1) is 5.69 Å². The highest BCUT2D eigenvalue weighted by molar-refractivity contribution is 7.95. The predicted octanol–water partition coefficient (Wildman–Crippen LogP) is 2.07. The monoisotopic (exact) mass is 310 g/mol. The molecule has 0 spiro atoms. The molecule has 0 aliphatic rings. The van der Waals surface area contributed by atoms with E-state index in [0.717, 1.165) is 22.9 Å². The average molecular weight is 311 g/mol.